The number of para-hydroxylation sites is 1. The van der Waals surface area contributed by atoms with Gasteiger partial charge in [0.2, 0.25) is 5.91 Å². The molecule has 4 atom stereocenters. The molecule has 0 bridgehead atoms. The Morgan fingerprint density at radius 1 is 1.35 bits per heavy atom. The number of nitrogens with zero attached hydrogens (tertiary/aromatic N) is 1. The number of aliphatic carboxylic acids is 1. The predicted octanol–water partition coefficient (Wildman–Crippen LogP) is 1.41. The summed E-state index contributed by atoms with van der Waals surface area (Å²) in [7, 11) is 0. The third-order valence-corrected chi connectivity index (χ3v) is 4.93. The minimum atomic E-state index is -0.881. The number of rotatable bonds is 1. The Balaban J connectivity index is 1.76. The van der Waals surface area contributed by atoms with Gasteiger partial charge in [-0.05, 0) is 24.5 Å². The summed E-state index contributed by atoms with van der Waals surface area (Å²) in [5.41, 5.74) is 2.29. The van der Waals surface area contributed by atoms with Crippen LogP contribution in [0.15, 0.2) is 24.3 Å². The summed E-state index contributed by atoms with van der Waals surface area (Å²) in [5.74, 6) is -0.703. The molecule has 3 heterocycles. The van der Waals surface area contributed by atoms with Crippen LogP contribution in [0.5, 0.6) is 0 Å². The van der Waals surface area contributed by atoms with Crippen molar-refractivity contribution in [3.63, 3.8) is 0 Å². The van der Waals surface area contributed by atoms with E-state index in [2.05, 4.69) is 11.4 Å². The number of anilines is 1. The number of piperidine rings is 1. The fraction of sp³-hybridized carbons (Fsp3) is 0.467. The van der Waals surface area contributed by atoms with Crippen LogP contribution in [0.1, 0.15) is 30.7 Å². The van der Waals surface area contributed by atoms with Crippen LogP contribution in [-0.4, -0.2) is 40.0 Å². The molecule has 20 heavy (non-hydrogen) atoms. The molecule has 1 aromatic carbocycles. The summed E-state index contributed by atoms with van der Waals surface area (Å²) in [4.78, 5) is 25.2. The largest absolute Gasteiger partial charge is 0.480 e. The summed E-state index contributed by atoms with van der Waals surface area (Å²) in [6.45, 7) is 0. The molecule has 5 heteroatoms. The maximum absolute atomic E-state index is 12.0. The molecule has 2 fully saturated rings. The summed E-state index contributed by atoms with van der Waals surface area (Å²) < 4.78 is 0. The van der Waals surface area contributed by atoms with Crippen molar-refractivity contribution in [2.45, 2.75) is 43.3 Å². The van der Waals surface area contributed by atoms with E-state index in [9.17, 15) is 14.7 Å². The molecule has 0 radical (unpaired) electrons. The maximum Gasteiger partial charge on any atom is 0.326 e. The number of carbonyl (C=O) groups is 2. The fourth-order valence-corrected chi connectivity index (χ4v) is 4.12. The fourth-order valence-electron chi connectivity index (χ4n) is 4.12. The van der Waals surface area contributed by atoms with Crippen molar-refractivity contribution in [1.82, 2.24) is 4.90 Å². The van der Waals surface area contributed by atoms with Crippen molar-refractivity contribution in [3.05, 3.63) is 29.8 Å². The zero-order valence-electron chi connectivity index (χ0n) is 11.0. The predicted molar refractivity (Wildman–Crippen MR) is 72.5 cm³/mol. The van der Waals surface area contributed by atoms with Gasteiger partial charge >= 0.3 is 5.97 Å². The van der Waals surface area contributed by atoms with Crippen molar-refractivity contribution in [1.29, 1.82) is 0 Å². The molecular weight excluding hydrogens is 256 g/mol. The van der Waals surface area contributed by atoms with Crippen LogP contribution < -0.4 is 5.32 Å². The van der Waals surface area contributed by atoms with Gasteiger partial charge in [0.1, 0.15) is 6.04 Å². The molecule has 0 aliphatic carbocycles. The van der Waals surface area contributed by atoms with Gasteiger partial charge in [-0.3, -0.25) is 4.79 Å². The van der Waals surface area contributed by atoms with Crippen molar-refractivity contribution in [2.75, 3.05) is 5.32 Å². The summed E-state index contributed by atoms with van der Waals surface area (Å²) in [6.07, 6.45) is 1.73. The van der Waals surface area contributed by atoms with Crippen LogP contribution in [0.3, 0.4) is 0 Å². The Bertz CT molecular complexity index is 601. The molecule has 4 rings (SSSR count). The molecule has 1 amide bonds. The first-order chi connectivity index (χ1) is 9.66. The lowest BCUT2D eigenvalue weighted by atomic mass is 9.80. The number of fused-ring (bicyclic) bond motifs is 5. The van der Waals surface area contributed by atoms with E-state index in [1.807, 2.05) is 18.2 Å². The Hall–Kier alpha value is -2.04. The number of carboxylic acids is 1. The van der Waals surface area contributed by atoms with Crippen molar-refractivity contribution < 1.29 is 14.7 Å². The highest BCUT2D eigenvalue weighted by molar-refractivity contribution is 5.86. The number of amides is 1. The molecule has 0 aromatic heterocycles. The zero-order chi connectivity index (χ0) is 13.9. The number of hydrogen-bond acceptors (Lipinski definition) is 3. The van der Waals surface area contributed by atoms with Gasteiger partial charge < -0.3 is 15.3 Å². The SMILES string of the molecule is O=C(O)[C@@H]1C[C@@H]2c3ccccc3N[C@H]2[C@@H]2CCC(=O)N12. The number of carboxylic acid groups (broad SMARTS) is 1. The average Bonchev–Trinajstić information content (AvgIpc) is 2.99. The molecule has 2 saturated heterocycles. The highest BCUT2D eigenvalue weighted by atomic mass is 16.4. The van der Waals surface area contributed by atoms with E-state index in [-0.39, 0.29) is 23.9 Å². The molecule has 0 unspecified atom stereocenters. The second-order valence-electron chi connectivity index (χ2n) is 5.86. The van der Waals surface area contributed by atoms with Crippen LogP contribution in [0.25, 0.3) is 0 Å². The molecular formula is C15H16N2O3. The Morgan fingerprint density at radius 3 is 2.95 bits per heavy atom. The Morgan fingerprint density at radius 2 is 2.15 bits per heavy atom. The first-order valence-electron chi connectivity index (χ1n) is 7.06. The molecule has 2 N–H and O–H groups in total. The van der Waals surface area contributed by atoms with Crippen molar-refractivity contribution in [3.8, 4) is 0 Å². The molecule has 5 nitrogen and oxygen atoms in total. The lowest BCUT2D eigenvalue weighted by molar-refractivity contribution is -0.152. The van der Waals surface area contributed by atoms with Gasteiger partial charge in [-0.15, -0.1) is 0 Å². The van der Waals surface area contributed by atoms with Gasteiger partial charge in [0.25, 0.3) is 0 Å². The van der Waals surface area contributed by atoms with E-state index < -0.39 is 12.0 Å². The van der Waals surface area contributed by atoms with Gasteiger partial charge in [0.15, 0.2) is 0 Å². The van der Waals surface area contributed by atoms with E-state index in [0.717, 1.165) is 12.1 Å². The topological polar surface area (TPSA) is 69.6 Å². The summed E-state index contributed by atoms with van der Waals surface area (Å²) in [5, 5.41) is 13.0. The second-order valence-corrected chi connectivity index (χ2v) is 5.86. The first-order valence-corrected chi connectivity index (χ1v) is 7.06. The normalized spacial score (nSPS) is 34.2. The highest BCUT2D eigenvalue weighted by Crippen LogP contribution is 2.47. The zero-order valence-corrected chi connectivity index (χ0v) is 11.0. The van der Waals surface area contributed by atoms with E-state index in [1.54, 1.807) is 4.90 Å². The Labute approximate surface area is 116 Å². The lowest BCUT2D eigenvalue weighted by Gasteiger charge is -2.42. The minimum absolute atomic E-state index is 0.00903. The average molecular weight is 272 g/mol. The van der Waals surface area contributed by atoms with Gasteiger partial charge in [0, 0.05) is 18.0 Å². The summed E-state index contributed by atoms with van der Waals surface area (Å²) >= 11 is 0. The van der Waals surface area contributed by atoms with Crippen LogP contribution in [-0.2, 0) is 9.59 Å². The maximum atomic E-state index is 12.0. The molecule has 104 valence electrons. The quantitative estimate of drug-likeness (QED) is 0.811. The Kier molecular flexibility index (Phi) is 2.34. The highest BCUT2D eigenvalue weighted by Gasteiger charge is 2.53. The van der Waals surface area contributed by atoms with Crippen LogP contribution in [0.2, 0.25) is 0 Å². The standard InChI is InChI=1S/C15H16N2O3/c18-13-6-5-11-14-9(7-12(15(19)20)17(11)13)8-3-1-2-4-10(8)16-14/h1-4,9,11-12,14,16H,5-7H2,(H,19,20)/t9-,11+,12+,14-/m1/s1. The number of carbonyl (C=O) groups excluding carboxylic acids is 1. The van der Waals surface area contributed by atoms with E-state index in [1.165, 1.54) is 5.56 Å². The van der Waals surface area contributed by atoms with Crippen LogP contribution in [0.4, 0.5) is 5.69 Å². The monoisotopic (exact) mass is 272 g/mol. The lowest BCUT2D eigenvalue weighted by Crippen LogP contribution is -2.57. The van der Waals surface area contributed by atoms with Crippen LogP contribution >= 0.6 is 0 Å². The van der Waals surface area contributed by atoms with Gasteiger partial charge in [-0.25, -0.2) is 4.79 Å². The molecule has 0 saturated carbocycles. The third-order valence-electron chi connectivity index (χ3n) is 4.93. The van der Waals surface area contributed by atoms with Gasteiger partial charge in [0.05, 0.1) is 12.1 Å². The number of benzene rings is 1. The van der Waals surface area contributed by atoms with E-state index in [4.69, 9.17) is 0 Å². The van der Waals surface area contributed by atoms with E-state index >= 15 is 0 Å². The van der Waals surface area contributed by atoms with E-state index in [0.29, 0.717) is 12.8 Å². The van der Waals surface area contributed by atoms with Gasteiger partial charge in [-0.2, -0.15) is 0 Å². The van der Waals surface area contributed by atoms with Crippen LogP contribution in [0, 0.1) is 0 Å². The third kappa shape index (κ3) is 1.43. The van der Waals surface area contributed by atoms with Crippen molar-refractivity contribution in [2.24, 2.45) is 0 Å². The van der Waals surface area contributed by atoms with Gasteiger partial charge in [-0.1, -0.05) is 18.2 Å². The molecule has 3 aliphatic heterocycles. The molecule has 1 aromatic rings. The summed E-state index contributed by atoms with van der Waals surface area (Å²) in [6, 6.07) is 7.57. The molecule has 3 aliphatic rings. The number of hydrogen-bond donors (Lipinski definition) is 2. The minimum Gasteiger partial charge on any atom is -0.480 e. The second kappa shape index (κ2) is 3.98. The first kappa shape index (κ1) is 11.8. The molecule has 0 spiro atoms. The smallest absolute Gasteiger partial charge is 0.326 e. The van der Waals surface area contributed by atoms with Crippen molar-refractivity contribution >= 4 is 17.6 Å². The number of nitrogens with one attached hydrogen (secondary N) is 1.